The third kappa shape index (κ3) is 4.09. The summed E-state index contributed by atoms with van der Waals surface area (Å²) in [5.41, 5.74) is 1.10. The molecule has 5 heterocycles. The molecule has 3 aromatic rings. The molecular weight excluding hydrogens is 445 g/mol. The van der Waals surface area contributed by atoms with Gasteiger partial charge >= 0.3 is 6.18 Å². The van der Waals surface area contributed by atoms with Crippen LogP contribution >= 0.6 is 11.3 Å². The first-order valence-corrected chi connectivity index (χ1v) is 11.5. The first-order valence-electron chi connectivity index (χ1n) is 10.6. The Labute approximate surface area is 186 Å². The predicted octanol–water partition coefficient (Wildman–Crippen LogP) is 3.89. The van der Waals surface area contributed by atoms with E-state index in [0.29, 0.717) is 33.7 Å². The molecule has 3 unspecified atom stereocenters. The Balaban J connectivity index is 1.61. The van der Waals surface area contributed by atoms with E-state index in [1.807, 2.05) is 0 Å². The van der Waals surface area contributed by atoms with Gasteiger partial charge in [-0.2, -0.15) is 18.2 Å². The lowest BCUT2D eigenvalue weighted by molar-refractivity contribution is -0.225. The second-order valence-electron chi connectivity index (χ2n) is 8.11. The molecule has 172 valence electrons. The number of piperazine rings is 1. The SMILES string of the molecule is OCCOC(c1cc(-c2nccs2)c2oc(N3CC4CCCC3CN4)nc2c1)C(F)(F)F. The number of hydrogen-bond acceptors (Lipinski definition) is 8. The minimum Gasteiger partial charge on any atom is -0.423 e. The van der Waals surface area contributed by atoms with Crippen LogP contribution in [0.2, 0.25) is 0 Å². The van der Waals surface area contributed by atoms with Gasteiger partial charge in [-0.15, -0.1) is 11.3 Å². The number of hydrogen-bond donors (Lipinski definition) is 2. The summed E-state index contributed by atoms with van der Waals surface area (Å²) in [7, 11) is 0. The highest BCUT2D eigenvalue weighted by molar-refractivity contribution is 7.13. The Morgan fingerprint density at radius 1 is 1.34 bits per heavy atom. The number of thiazole rings is 1. The zero-order chi connectivity index (χ0) is 22.3. The van der Waals surface area contributed by atoms with E-state index in [1.165, 1.54) is 23.5 Å². The number of anilines is 1. The standard InChI is InChI=1S/C21H23F3N4O3S/c22-21(23,24)18(30-6-5-29)12-8-15(19-25-4-7-32-19)17-16(9-12)27-20(31-17)28-11-13-2-1-3-14(28)10-26-13/h4,7-9,13-14,18,26,29H,1-3,5-6,10-11H2. The number of nitrogens with zero attached hydrogens (tertiary/aromatic N) is 3. The van der Waals surface area contributed by atoms with E-state index in [0.717, 1.165) is 32.4 Å². The van der Waals surface area contributed by atoms with Gasteiger partial charge in [0.05, 0.1) is 18.8 Å². The normalized spacial score (nSPS) is 22.4. The number of fused-ring (bicyclic) bond motifs is 5. The van der Waals surface area contributed by atoms with Crippen molar-refractivity contribution in [2.24, 2.45) is 0 Å². The van der Waals surface area contributed by atoms with Gasteiger partial charge in [0, 0.05) is 36.8 Å². The smallest absolute Gasteiger partial charge is 0.418 e. The molecule has 0 saturated carbocycles. The summed E-state index contributed by atoms with van der Waals surface area (Å²) in [5, 5.41) is 14.8. The van der Waals surface area contributed by atoms with E-state index >= 15 is 0 Å². The second kappa shape index (κ2) is 8.62. The van der Waals surface area contributed by atoms with Crippen LogP contribution in [0.25, 0.3) is 21.7 Å². The molecule has 7 nitrogen and oxygen atoms in total. The van der Waals surface area contributed by atoms with Crippen molar-refractivity contribution in [3.63, 3.8) is 0 Å². The van der Waals surface area contributed by atoms with Crippen LogP contribution < -0.4 is 10.2 Å². The number of benzene rings is 1. The van der Waals surface area contributed by atoms with Gasteiger partial charge in [-0.1, -0.05) is 0 Å². The summed E-state index contributed by atoms with van der Waals surface area (Å²) < 4.78 is 52.4. The van der Waals surface area contributed by atoms with Crippen LogP contribution in [-0.4, -0.2) is 59.6 Å². The molecule has 0 amide bonds. The van der Waals surface area contributed by atoms with E-state index in [-0.39, 0.29) is 11.6 Å². The van der Waals surface area contributed by atoms with E-state index in [4.69, 9.17) is 14.3 Å². The Kier molecular flexibility index (Phi) is 5.82. The number of aliphatic hydroxyl groups excluding tert-OH is 1. The quantitative estimate of drug-likeness (QED) is 0.568. The van der Waals surface area contributed by atoms with Crippen LogP contribution in [0.3, 0.4) is 0 Å². The van der Waals surface area contributed by atoms with Crippen LogP contribution in [-0.2, 0) is 4.74 Å². The maximum absolute atomic E-state index is 13.8. The summed E-state index contributed by atoms with van der Waals surface area (Å²) in [6.07, 6.45) is -2.03. The minimum atomic E-state index is -4.65. The lowest BCUT2D eigenvalue weighted by atomic mass is 10.0. The summed E-state index contributed by atoms with van der Waals surface area (Å²) in [6, 6.07) is 3.78. The fourth-order valence-electron chi connectivity index (χ4n) is 4.53. The minimum absolute atomic E-state index is 0.0949. The number of nitrogens with one attached hydrogen (secondary N) is 1. The van der Waals surface area contributed by atoms with Gasteiger partial charge in [0.25, 0.3) is 6.01 Å². The summed E-state index contributed by atoms with van der Waals surface area (Å²) in [5.74, 6) is 0. The number of rotatable bonds is 6. The van der Waals surface area contributed by atoms with Gasteiger partial charge in [0.1, 0.15) is 10.5 Å². The van der Waals surface area contributed by atoms with Gasteiger partial charge in [0.2, 0.25) is 0 Å². The average molecular weight is 469 g/mol. The summed E-state index contributed by atoms with van der Waals surface area (Å²) in [4.78, 5) is 11.0. The number of alkyl halides is 3. The van der Waals surface area contributed by atoms with Crippen molar-refractivity contribution in [2.75, 3.05) is 31.2 Å². The molecule has 3 fully saturated rings. The summed E-state index contributed by atoms with van der Waals surface area (Å²) in [6.45, 7) is 0.650. The molecule has 32 heavy (non-hydrogen) atoms. The highest BCUT2D eigenvalue weighted by Gasteiger charge is 2.43. The fraction of sp³-hybridized carbons (Fsp3) is 0.524. The molecule has 3 aliphatic heterocycles. The van der Waals surface area contributed by atoms with E-state index < -0.39 is 25.5 Å². The Hall–Kier alpha value is -2.21. The highest BCUT2D eigenvalue weighted by atomic mass is 32.1. The third-order valence-electron chi connectivity index (χ3n) is 5.98. The first-order chi connectivity index (χ1) is 15.4. The van der Waals surface area contributed by atoms with Crippen molar-refractivity contribution >= 4 is 28.5 Å². The molecule has 1 aromatic carbocycles. The summed E-state index contributed by atoms with van der Waals surface area (Å²) >= 11 is 1.31. The van der Waals surface area contributed by atoms with Crippen LogP contribution in [0.4, 0.5) is 19.2 Å². The molecule has 0 aliphatic carbocycles. The molecule has 3 atom stereocenters. The number of aromatic nitrogens is 2. The van der Waals surface area contributed by atoms with Crippen LogP contribution in [0, 0.1) is 0 Å². The zero-order valence-corrected chi connectivity index (χ0v) is 18.0. The van der Waals surface area contributed by atoms with Crippen molar-refractivity contribution in [1.29, 1.82) is 0 Å². The molecule has 2 N–H and O–H groups in total. The topological polar surface area (TPSA) is 83.7 Å². The van der Waals surface area contributed by atoms with Gasteiger partial charge < -0.3 is 24.5 Å². The highest BCUT2D eigenvalue weighted by Crippen LogP contribution is 2.41. The maximum Gasteiger partial charge on any atom is 0.418 e. The van der Waals surface area contributed by atoms with E-state index in [9.17, 15) is 13.2 Å². The Morgan fingerprint density at radius 3 is 2.97 bits per heavy atom. The molecule has 2 aromatic heterocycles. The van der Waals surface area contributed by atoms with Gasteiger partial charge in [0.15, 0.2) is 11.7 Å². The van der Waals surface area contributed by atoms with E-state index in [2.05, 4.69) is 20.2 Å². The Morgan fingerprint density at radius 2 is 2.22 bits per heavy atom. The second-order valence-corrected chi connectivity index (χ2v) is 9.00. The van der Waals surface area contributed by atoms with Crippen molar-refractivity contribution in [1.82, 2.24) is 15.3 Å². The van der Waals surface area contributed by atoms with Gasteiger partial charge in [-0.25, -0.2) is 4.98 Å². The van der Waals surface area contributed by atoms with Crippen molar-refractivity contribution in [3.05, 3.63) is 29.3 Å². The average Bonchev–Trinajstić information content (AvgIpc) is 3.34. The molecule has 0 spiro atoms. The number of ether oxygens (including phenoxy) is 1. The van der Waals surface area contributed by atoms with Crippen LogP contribution in [0.1, 0.15) is 30.9 Å². The number of aliphatic hydroxyl groups is 1. The van der Waals surface area contributed by atoms with Gasteiger partial charge in [-0.3, -0.25) is 0 Å². The van der Waals surface area contributed by atoms with E-state index in [1.54, 1.807) is 11.6 Å². The Bertz CT molecular complexity index is 1070. The molecule has 3 aliphatic rings. The predicted molar refractivity (Wildman–Crippen MR) is 114 cm³/mol. The fourth-order valence-corrected chi connectivity index (χ4v) is 5.18. The molecular formula is C21H23F3N4O3S. The molecule has 3 saturated heterocycles. The van der Waals surface area contributed by atoms with Crippen molar-refractivity contribution in [3.8, 4) is 10.6 Å². The molecule has 6 rings (SSSR count). The van der Waals surface area contributed by atoms with Gasteiger partial charge in [-0.05, 0) is 37.0 Å². The largest absolute Gasteiger partial charge is 0.423 e. The monoisotopic (exact) mass is 468 g/mol. The molecule has 0 radical (unpaired) electrons. The zero-order valence-electron chi connectivity index (χ0n) is 17.1. The first kappa shape index (κ1) is 21.6. The lowest BCUT2D eigenvalue weighted by Crippen LogP contribution is -2.54. The number of oxazole rings is 1. The molecule has 2 bridgehead atoms. The molecule has 11 heteroatoms. The van der Waals surface area contributed by atoms with Crippen molar-refractivity contribution < 1.29 is 27.4 Å². The maximum atomic E-state index is 13.8. The van der Waals surface area contributed by atoms with Crippen molar-refractivity contribution in [2.45, 2.75) is 43.6 Å². The lowest BCUT2D eigenvalue weighted by Gasteiger charge is -2.36. The number of halogens is 3. The third-order valence-corrected chi connectivity index (χ3v) is 6.78. The van der Waals surface area contributed by atoms with Crippen LogP contribution in [0.5, 0.6) is 0 Å². The van der Waals surface area contributed by atoms with Crippen LogP contribution in [0.15, 0.2) is 28.1 Å².